The van der Waals surface area contributed by atoms with Crippen LogP contribution in [0.3, 0.4) is 0 Å². The predicted octanol–water partition coefficient (Wildman–Crippen LogP) is 3.40. The molecule has 1 aromatic rings. The molecule has 4 nitrogen and oxygen atoms in total. The highest BCUT2D eigenvalue weighted by atomic mass is 16.4. The minimum absolute atomic E-state index is 0.0490. The molecule has 22 heavy (non-hydrogen) atoms. The highest BCUT2D eigenvalue weighted by molar-refractivity contribution is 5.97. The van der Waals surface area contributed by atoms with E-state index in [-0.39, 0.29) is 11.7 Å². The number of rotatable bonds is 7. The van der Waals surface area contributed by atoms with E-state index >= 15 is 0 Å². The van der Waals surface area contributed by atoms with Gasteiger partial charge in [-0.2, -0.15) is 0 Å². The van der Waals surface area contributed by atoms with Crippen LogP contribution >= 0.6 is 0 Å². The van der Waals surface area contributed by atoms with Crippen LogP contribution in [0.2, 0.25) is 0 Å². The van der Waals surface area contributed by atoms with Crippen LogP contribution in [-0.4, -0.2) is 22.9 Å². The van der Waals surface area contributed by atoms with Crippen molar-refractivity contribution in [3.8, 4) is 0 Å². The molecule has 0 aliphatic heterocycles. The van der Waals surface area contributed by atoms with Crippen molar-refractivity contribution in [1.29, 1.82) is 0 Å². The van der Waals surface area contributed by atoms with Gasteiger partial charge >= 0.3 is 5.97 Å². The Morgan fingerprint density at radius 1 is 1.23 bits per heavy atom. The van der Waals surface area contributed by atoms with Gasteiger partial charge in [0.15, 0.2) is 5.78 Å². The fraction of sp³-hybridized carbons (Fsp3) is 0.556. The minimum atomic E-state index is -0.830. The lowest BCUT2D eigenvalue weighted by Crippen LogP contribution is -2.41. The van der Waals surface area contributed by atoms with Gasteiger partial charge in [0.1, 0.15) is 6.04 Å². The fourth-order valence-corrected chi connectivity index (χ4v) is 3.02. The third-order valence-electron chi connectivity index (χ3n) is 4.46. The molecular formula is C18H27NO3. The lowest BCUT2D eigenvalue weighted by Gasteiger charge is -2.22. The van der Waals surface area contributed by atoms with Gasteiger partial charge in [0, 0.05) is 12.1 Å². The average Bonchev–Trinajstić information content (AvgIpc) is 2.40. The first-order chi connectivity index (χ1) is 10.2. The van der Waals surface area contributed by atoms with E-state index in [1.54, 1.807) is 6.92 Å². The first-order valence-electron chi connectivity index (χ1n) is 7.77. The molecule has 0 fully saturated rings. The molecule has 0 spiro atoms. The Morgan fingerprint density at radius 3 is 2.27 bits per heavy atom. The second kappa shape index (κ2) is 7.54. The van der Waals surface area contributed by atoms with E-state index in [9.17, 15) is 14.7 Å². The molecule has 0 aliphatic rings. The van der Waals surface area contributed by atoms with Gasteiger partial charge in [-0.25, -0.2) is 0 Å². The number of carbonyl (C=O) groups excluding carboxylic acids is 1. The van der Waals surface area contributed by atoms with Crippen LogP contribution in [0.25, 0.3) is 0 Å². The number of ketones is 1. The number of hydrogen-bond donors (Lipinski definition) is 2. The van der Waals surface area contributed by atoms with Crippen molar-refractivity contribution in [3.63, 3.8) is 0 Å². The van der Waals surface area contributed by atoms with Crippen molar-refractivity contribution in [2.75, 3.05) is 0 Å². The summed E-state index contributed by atoms with van der Waals surface area (Å²) in [5, 5.41) is 12.5. The van der Waals surface area contributed by atoms with Gasteiger partial charge < -0.3 is 10.4 Å². The van der Waals surface area contributed by atoms with Gasteiger partial charge in [0.25, 0.3) is 0 Å². The molecular weight excluding hydrogens is 278 g/mol. The summed E-state index contributed by atoms with van der Waals surface area (Å²) in [4.78, 5) is 23.2. The Balaban J connectivity index is 3.10. The lowest BCUT2D eigenvalue weighted by atomic mass is 9.91. The van der Waals surface area contributed by atoms with E-state index < -0.39 is 12.0 Å². The first kappa shape index (κ1) is 18.4. The topological polar surface area (TPSA) is 66.4 Å². The SMILES string of the molecule is CC[C@H](C)[C@H](NCc1c(C)cc(C)c(C(C)=O)c1C)C(=O)O. The summed E-state index contributed by atoms with van der Waals surface area (Å²) < 4.78 is 0. The van der Waals surface area contributed by atoms with E-state index in [1.807, 2.05) is 40.7 Å². The summed E-state index contributed by atoms with van der Waals surface area (Å²) in [5.74, 6) is -0.729. The highest BCUT2D eigenvalue weighted by Crippen LogP contribution is 2.23. The summed E-state index contributed by atoms with van der Waals surface area (Å²) in [6.45, 7) is 11.8. The second-order valence-electron chi connectivity index (χ2n) is 6.13. The molecule has 4 heteroatoms. The summed E-state index contributed by atoms with van der Waals surface area (Å²) in [5.41, 5.74) is 4.78. The number of carboxylic acids is 1. The molecule has 0 bridgehead atoms. The van der Waals surface area contributed by atoms with Crippen LogP contribution in [0.15, 0.2) is 6.07 Å². The number of benzene rings is 1. The molecule has 2 atom stereocenters. The standard InChI is InChI=1S/C18H27NO3/c1-7-10(2)17(18(21)22)19-9-15-11(3)8-12(4)16(13(15)5)14(6)20/h8,10,17,19H,7,9H2,1-6H3,(H,21,22)/t10-,17-/m0/s1. The predicted molar refractivity (Wildman–Crippen MR) is 88.4 cm³/mol. The van der Waals surface area contributed by atoms with Gasteiger partial charge in [-0.3, -0.25) is 9.59 Å². The molecule has 0 amide bonds. The summed E-state index contributed by atoms with van der Waals surface area (Å²) >= 11 is 0. The van der Waals surface area contributed by atoms with Crippen molar-refractivity contribution in [2.45, 2.75) is 60.5 Å². The number of Topliss-reactive ketones (excluding diaryl/α,β-unsaturated/α-hetero) is 1. The second-order valence-corrected chi connectivity index (χ2v) is 6.13. The Hall–Kier alpha value is -1.68. The van der Waals surface area contributed by atoms with E-state index in [1.165, 1.54) is 0 Å². The van der Waals surface area contributed by atoms with Gasteiger partial charge in [-0.05, 0) is 55.9 Å². The molecule has 0 unspecified atom stereocenters. The summed E-state index contributed by atoms with van der Waals surface area (Å²) in [7, 11) is 0. The van der Waals surface area contributed by atoms with E-state index in [2.05, 4.69) is 5.32 Å². The molecule has 0 heterocycles. The van der Waals surface area contributed by atoms with Crippen molar-refractivity contribution in [2.24, 2.45) is 5.92 Å². The third-order valence-corrected chi connectivity index (χ3v) is 4.46. The molecule has 1 rings (SSSR count). The van der Waals surface area contributed by atoms with Gasteiger partial charge in [-0.1, -0.05) is 26.3 Å². The van der Waals surface area contributed by atoms with Crippen molar-refractivity contribution >= 4 is 11.8 Å². The minimum Gasteiger partial charge on any atom is -0.480 e. The summed E-state index contributed by atoms with van der Waals surface area (Å²) in [6.07, 6.45) is 0.800. The van der Waals surface area contributed by atoms with Crippen LogP contribution in [-0.2, 0) is 11.3 Å². The van der Waals surface area contributed by atoms with Crippen molar-refractivity contribution < 1.29 is 14.7 Å². The fourth-order valence-electron chi connectivity index (χ4n) is 3.02. The van der Waals surface area contributed by atoms with E-state index in [0.717, 1.165) is 34.2 Å². The maximum Gasteiger partial charge on any atom is 0.320 e. The number of nitrogens with one attached hydrogen (secondary N) is 1. The Kier molecular flexibility index (Phi) is 6.30. The smallest absolute Gasteiger partial charge is 0.320 e. The van der Waals surface area contributed by atoms with Crippen LogP contribution in [0.1, 0.15) is 59.8 Å². The molecule has 0 radical (unpaired) electrons. The number of hydrogen-bond acceptors (Lipinski definition) is 3. The maximum absolute atomic E-state index is 11.8. The third kappa shape index (κ3) is 3.95. The van der Waals surface area contributed by atoms with E-state index in [4.69, 9.17) is 0 Å². The summed E-state index contributed by atoms with van der Waals surface area (Å²) in [6, 6.07) is 1.42. The Labute approximate surface area is 132 Å². The Morgan fingerprint density at radius 2 is 1.82 bits per heavy atom. The number of aliphatic carboxylic acids is 1. The molecule has 0 saturated carbocycles. The zero-order valence-corrected chi connectivity index (χ0v) is 14.4. The zero-order chi connectivity index (χ0) is 17.0. The molecule has 2 N–H and O–H groups in total. The Bertz CT molecular complexity index is 578. The van der Waals surface area contributed by atoms with Crippen LogP contribution < -0.4 is 5.32 Å². The first-order valence-corrected chi connectivity index (χ1v) is 7.77. The zero-order valence-electron chi connectivity index (χ0n) is 14.4. The molecule has 0 saturated heterocycles. The maximum atomic E-state index is 11.8. The van der Waals surface area contributed by atoms with Crippen molar-refractivity contribution in [1.82, 2.24) is 5.32 Å². The molecule has 122 valence electrons. The average molecular weight is 305 g/mol. The van der Waals surface area contributed by atoms with Crippen LogP contribution in [0.4, 0.5) is 0 Å². The normalized spacial score (nSPS) is 13.7. The molecule has 0 aliphatic carbocycles. The lowest BCUT2D eigenvalue weighted by molar-refractivity contribution is -0.140. The quantitative estimate of drug-likeness (QED) is 0.758. The molecule has 1 aromatic carbocycles. The van der Waals surface area contributed by atoms with E-state index in [0.29, 0.717) is 6.54 Å². The van der Waals surface area contributed by atoms with Gasteiger partial charge in [0.2, 0.25) is 0 Å². The van der Waals surface area contributed by atoms with Gasteiger partial charge in [0.05, 0.1) is 0 Å². The molecule has 0 aromatic heterocycles. The largest absolute Gasteiger partial charge is 0.480 e. The van der Waals surface area contributed by atoms with Crippen LogP contribution in [0, 0.1) is 26.7 Å². The monoisotopic (exact) mass is 305 g/mol. The van der Waals surface area contributed by atoms with Gasteiger partial charge in [-0.15, -0.1) is 0 Å². The number of carboxylic acid groups (broad SMARTS) is 1. The van der Waals surface area contributed by atoms with Crippen molar-refractivity contribution in [3.05, 3.63) is 33.9 Å². The highest BCUT2D eigenvalue weighted by Gasteiger charge is 2.23. The number of aryl methyl sites for hydroxylation is 2. The number of carbonyl (C=O) groups is 2. The van der Waals surface area contributed by atoms with Crippen LogP contribution in [0.5, 0.6) is 0 Å².